The number of methoxy groups -OCH3 is 2. The van der Waals surface area contributed by atoms with E-state index in [9.17, 15) is 9.18 Å². The van der Waals surface area contributed by atoms with Crippen molar-refractivity contribution in [3.05, 3.63) is 29.7 Å². The van der Waals surface area contributed by atoms with E-state index in [1.54, 1.807) is 20.4 Å². The Balaban J connectivity index is 2.90. The number of hydrogen-bond donors (Lipinski definition) is 1. The van der Waals surface area contributed by atoms with Crippen molar-refractivity contribution in [3.8, 4) is 12.3 Å². The van der Waals surface area contributed by atoms with Crippen molar-refractivity contribution in [1.82, 2.24) is 14.9 Å². The number of aliphatic imine (C=N–C) groups is 1. The van der Waals surface area contributed by atoms with Gasteiger partial charge in [0.25, 0.3) is 0 Å². The normalized spacial score (nSPS) is 14.3. The van der Waals surface area contributed by atoms with E-state index in [-0.39, 0.29) is 19.0 Å². The van der Waals surface area contributed by atoms with Crippen LogP contribution in [0.3, 0.4) is 0 Å². The monoisotopic (exact) mass is 606 g/mol. The molecule has 9 nitrogen and oxygen atoms in total. The molecule has 0 radical (unpaired) electrons. The first-order valence-electron chi connectivity index (χ1n) is 15.8. The molecule has 2 unspecified atom stereocenters. The molecule has 0 fully saturated rings. The number of nitrogens with zero attached hydrogens (tertiary/aromatic N) is 3. The second kappa shape index (κ2) is 22.8. The number of ether oxygens (including phenoxy) is 4. The van der Waals surface area contributed by atoms with Gasteiger partial charge >= 0.3 is 6.09 Å². The summed E-state index contributed by atoms with van der Waals surface area (Å²) in [5, 5.41) is 2.59. The molecule has 1 N–H and O–H groups in total. The van der Waals surface area contributed by atoms with Gasteiger partial charge in [-0.25, -0.2) is 9.78 Å². The van der Waals surface area contributed by atoms with E-state index in [1.807, 2.05) is 11.5 Å². The van der Waals surface area contributed by atoms with Crippen LogP contribution >= 0.6 is 0 Å². The summed E-state index contributed by atoms with van der Waals surface area (Å²) in [4.78, 5) is 21.4. The molecule has 1 aromatic rings. The quantitative estimate of drug-likeness (QED) is 0.0463. The van der Waals surface area contributed by atoms with Gasteiger partial charge in [-0.3, -0.25) is 5.32 Å². The first kappa shape index (κ1) is 38.3. The zero-order valence-corrected chi connectivity index (χ0v) is 27.4. The first-order chi connectivity index (χ1) is 20.8. The summed E-state index contributed by atoms with van der Waals surface area (Å²) in [6.07, 6.45) is 19.3. The van der Waals surface area contributed by atoms with Crippen LogP contribution in [-0.4, -0.2) is 67.2 Å². The predicted octanol–water partition coefficient (Wildman–Crippen LogP) is 7.27. The second-order valence-electron chi connectivity index (χ2n) is 10.8. The van der Waals surface area contributed by atoms with Crippen molar-refractivity contribution in [3.63, 3.8) is 0 Å². The predicted molar refractivity (Wildman–Crippen MR) is 170 cm³/mol. The molecule has 1 heterocycles. The number of unbranched alkanes of at least 4 members (excludes halogenated alkanes) is 7. The van der Waals surface area contributed by atoms with Crippen LogP contribution in [-0.2, 0) is 25.5 Å². The summed E-state index contributed by atoms with van der Waals surface area (Å²) in [7, 11) is 3.15. The number of aryl methyl sites for hydroxylation is 1. The molecule has 0 aromatic carbocycles. The van der Waals surface area contributed by atoms with E-state index in [2.05, 4.69) is 35.1 Å². The lowest BCUT2D eigenvalue weighted by Gasteiger charge is -2.27. The number of amidine groups is 1. The van der Waals surface area contributed by atoms with E-state index in [0.717, 1.165) is 32.1 Å². The van der Waals surface area contributed by atoms with Gasteiger partial charge in [-0.2, -0.15) is 9.38 Å². The number of aromatic nitrogens is 2. The number of hydrogen-bond acceptors (Lipinski definition) is 7. The Morgan fingerprint density at radius 2 is 1.81 bits per heavy atom. The minimum atomic E-state index is -0.802. The molecule has 0 saturated carbocycles. The van der Waals surface area contributed by atoms with E-state index < -0.39 is 23.7 Å². The lowest BCUT2D eigenvalue weighted by atomic mass is 9.93. The number of halogens is 1. The Bertz CT molecular complexity index is 1020. The van der Waals surface area contributed by atoms with Gasteiger partial charge in [0.15, 0.2) is 11.9 Å². The van der Waals surface area contributed by atoms with Crippen LogP contribution in [0.1, 0.15) is 109 Å². The summed E-state index contributed by atoms with van der Waals surface area (Å²) in [5.74, 6) is 2.03. The van der Waals surface area contributed by atoms with Gasteiger partial charge in [0.1, 0.15) is 11.3 Å². The van der Waals surface area contributed by atoms with Gasteiger partial charge < -0.3 is 23.5 Å². The van der Waals surface area contributed by atoms with Gasteiger partial charge in [0.2, 0.25) is 5.95 Å². The smallest absolute Gasteiger partial charge is 0.413 e. The minimum absolute atomic E-state index is 0.0513. The third-order valence-corrected chi connectivity index (χ3v) is 7.30. The summed E-state index contributed by atoms with van der Waals surface area (Å²) < 4.78 is 38.7. The maximum atomic E-state index is 14.5. The largest absolute Gasteiger partial charge is 0.441 e. The van der Waals surface area contributed by atoms with E-state index >= 15 is 0 Å². The van der Waals surface area contributed by atoms with E-state index in [0.29, 0.717) is 37.4 Å². The Hall–Kier alpha value is -2.74. The minimum Gasteiger partial charge on any atom is -0.441 e. The van der Waals surface area contributed by atoms with Crippen LogP contribution in [0.5, 0.6) is 0 Å². The zero-order valence-electron chi connectivity index (χ0n) is 27.4. The molecule has 0 aliphatic heterocycles. The van der Waals surface area contributed by atoms with Gasteiger partial charge in [-0.05, 0) is 38.7 Å². The van der Waals surface area contributed by atoms with Crippen molar-refractivity contribution in [2.75, 3.05) is 34.0 Å². The van der Waals surface area contributed by atoms with Crippen molar-refractivity contribution in [2.24, 2.45) is 4.99 Å². The van der Waals surface area contributed by atoms with Crippen LogP contribution < -0.4 is 5.32 Å². The zero-order chi connectivity index (χ0) is 31.9. The molecule has 1 amide bonds. The van der Waals surface area contributed by atoms with Crippen LogP contribution in [0.4, 0.5) is 9.18 Å². The maximum absolute atomic E-state index is 14.5. The third-order valence-electron chi connectivity index (χ3n) is 7.30. The van der Waals surface area contributed by atoms with Crippen molar-refractivity contribution >= 4 is 11.9 Å². The summed E-state index contributed by atoms with van der Waals surface area (Å²) in [6, 6.07) is 0. The summed E-state index contributed by atoms with van der Waals surface area (Å²) in [6.45, 7) is 9.39. The van der Waals surface area contributed by atoms with Gasteiger partial charge in [-0.1, -0.05) is 71.6 Å². The standard InChI is InChI=1S/C33H55FN4O5/c1-8-12-14-15-16-17-18-23-42-25-28(24-40-6)43-32(39)37-31(36-29(34)19-10-3)30-27(5)38(26-35-30)22-21-33(11-4,41-7)20-13-9-2/h4,19,26,28H,8-10,12-18,20-25H2,1-3,5-7H3,(H,36,37,39)/b29-19+. The molecule has 10 heteroatoms. The highest BCUT2D eigenvalue weighted by Crippen LogP contribution is 2.24. The second-order valence-corrected chi connectivity index (χ2v) is 10.8. The number of terminal acetylenes is 1. The summed E-state index contributed by atoms with van der Waals surface area (Å²) in [5.41, 5.74) is 0.328. The number of allylic oxidation sites excluding steroid dienone is 1. The van der Waals surface area contributed by atoms with Gasteiger partial charge in [0, 0.05) is 39.5 Å². The van der Waals surface area contributed by atoms with Crippen molar-refractivity contribution < 1.29 is 28.1 Å². The van der Waals surface area contributed by atoms with Crippen molar-refractivity contribution in [1.29, 1.82) is 0 Å². The number of imidazole rings is 1. The molecule has 0 saturated heterocycles. The molecule has 0 spiro atoms. The highest BCUT2D eigenvalue weighted by atomic mass is 19.1. The fourth-order valence-electron chi connectivity index (χ4n) is 4.61. The average Bonchev–Trinajstić information content (AvgIpc) is 3.36. The number of carbonyl (C=O) groups excluding carboxylic acids is 1. The SMILES string of the molecule is C#CC(CCCC)(CCn1cnc(/C(=N\C(F)=C\CC)NC(=O)OC(COC)COCCCCCCCCC)c1C)OC. The molecule has 1 aromatic heterocycles. The van der Waals surface area contributed by atoms with Crippen molar-refractivity contribution in [2.45, 2.75) is 123 Å². The summed E-state index contributed by atoms with van der Waals surface area (Å²) >= 11 is 0. The molecular weight excluding hydrogens is 551 g/mol. The van der Waals surface area contributed by atoms with Crippen LogP contribution in [0.2, 0.25) is 0 Å². The molecule has 0 aliphatic rings. The maximum Gasteiger partial charge on any atom is 0.413 e. The molecule has 2 atom stereocenters. The third kappa shape index (κ3) is 15.0. The van der Waals surface area contributed by atoms with Gasteiger partial charge in [-0.15, -0.1) is 6.42 Å². The number of alkyl carbamates (subject to hydrolysis) is 1. The Kier molecular flexibility index (Phi) is 20.3. The number of carbonyl (C=O) groups is 1. The Morgan fingerprint density at radius 1 is 1.12 bits per heavy atom. The lowest BCUT2D eigenvalue weighted by Crippen LogP contribution is -2.38. The lowest BCUT2D eigenvalue weighted by molar-refractivity contribution is -0.0166. The van der Waals surface area contributed by atoms with E-state index in [1.165, 1.54) is 45.3 Å². The Labute approximate surface area is 259 Å². The highest BCUT2D eigenvalue weighted by molar-refractivity contribution is 6.06. The molecular formula is C33H55FN4O5. The highest BCUT2D eigenvalue weighted by Gasteiger charge is 2.27. The topological polar surface area (TPSA) is 96.2 Å². The average molecular weight is 607 g/mol. The fraction of sp³-hybridized carbons (Fsp3) is 0.727. The molecule has 244 valence electrons. The number of rotatable bonds is 23. The molecule has 0 aliphatic carbocycles. The van der Waals surface area contributed by atoms with Crippen LogP contribution in [0.25, 0.3) is 0 Å². The van der Waals surface area contributed by atoms with Crippen LogP contribution in [0.15, 0.2) is 23.3 Å². The molecule has 0 bridgehead atoms. The van der Waals surface area contributed by atoms with Gasteiger partial charge in [0.05, 0.1) is 19.5 Å². The Morgan fingerprint density at radius 3 is 2.44 bits per heavy atom. The first-order valence-corrected chi connectivity index (χ1v) is 15.8. The van der Waals surface area contributed by atoms with E-state index in [4.69, 9.17) is 25.4 Å². The molecule has 43 heavy (non-hydrogen) atoms. The molecule has 1 rings (SSSR count). The number of amides is 1. The van der Waals surface area contributed by atoms with Crippen LogP contribution in [0, 0.1) is 19.3 Å². The number of nitrogens with one attached hydrogen (secondary N) is 1. The fourth-order valence-corrected chi connectivity index (χ4v) is 4.61.